The summed E-state index contributed by atoms with van der Waals surface area (Å²) in [7, 11) is 0. The van der Waals surface area contributed by atoms with Crippen LogP contribution in [-0.2, 0) is 6.54 Å². The zero-order valence-corrected chi connectivity index (χ0v) is 12.6. The number of hydrogen-bond acceptors (Lipinski definition) is 2. The van der Waals surface area contributed by atoms with Gasteiger partial charge in [-0.2, -0.15) is 13.2 Å². The molecule has 1 aromatic carbocycles. The summed E-state index contributed by atoms with van der Waals surface area (Å²) in [5, 5.41) is 2.64. The first-order chi connectivity index (χ1) is 9.83. The number of piperidine rings is 1. The predicted molar refractivity (Wildman–Crippen MR) is 78.3 cm³/mol. The maximum Gasteiger partial charge on any atom is 0.401 e. The van der Waals surface area contributed by atoms with Gasteiger partial charge < -0.3 is 5.32 Å². The lowest BCUT2D eigenvalue weighted by atomic mass is 10.0. The van der Waals surface area contributed by atoms with Crippen LogP contribution in [0.3, 0.4) is 0 Å². The van der Waals surface area contributed by atoms with Gasteiger partial charge in [0, 0.05) is 19.1 Å². The van der Waals surface area contributed by atoms with Gasteiger partial charge in [-0.3, -0.25) is 4.90 Å². The second kappa shape index (κ2) is 6.79. The van der Waals surface area contributed by atoms with Crippen LogP contribution in [0.2, 0.25) is 0 Å². The van der Waals surface area contributed by atoms with E-state index in [0.29, 0.717) is 6.54 Å². The zero-order chi connectivity index (χ0) is 15.5. The molecule has 2 rings (SSSR count). The number of nitrogens with one attached hydrogen (secondary N) is 1. The van der Waals surface area contributed by atoms with Crippen molar-refractivity contribution in [1.29, 1.82) is 0 Å². The van der Waals surface area contributed by atoms with Crippen molar-refractivity contribution in [3.63, 3.8) is 0 Å². The molecule has 1 fully saturated rings. The lowest BCUT2D eigenvalue weighted by molar-refractivity contribution is -0.127. The van der Waals surface area contributed by atoms with Crippen LogP contribution in [0, 0.1) is 13.8 Å². The normalized spacial score (nSPS) is 20.7. The van der Waals surface area contributed by atoms with Crippen molar-refractivity contribution in [2.75, 3.05) is 19.6 Å². The summed E-state index contributed by atoms with van der Waals surface area (Å²) >= 11 is 0. The molecule has 1 atom stereocenters. The average molecular weight is 300 g/mol. The summed E-state index contributed by atoms with van der Waals surface area (Å²) in [5.74, 6) is 0. The van der Waals surface area contributed by atoms with Gasteiger partial charge in [0.25, 0.3) is 0 Å². The highest BCUT2D eigenvalue weighted by molar-refractivity contribution is 5.30. The lowest BCUT2D eigenvalue weighted by Crippen LogP contribution is -2.47. The number of alkyl halides is 3. The van der Waals surface area contributed by atoms with E-state index in [-0.39, 0.29) is 6.04 Å². The third kappa shape index (κ3) is 5.32. The van der Waals surface area contributed by atoms with Gasteiger partial charge in [0.15, 0.2) is 0 Å². The maximum atomic E-state index is 12.3. The van der Waals surface area contributed by atoms with E-state index in [0.717, 1.165) is 25.9 Å². The molecule has 1 aromatic rings. The van der Waals surface area contributed by atoms with Crippen molar-refractivity contribution >= 4 is 0 Å². The Hall–Kier alpha value is -1.07. The van der Waals surface area contributed by atoms with Gasteiger partial charge in [0.05, 0.1) is 6.54 Å². The first-order valence-corrected chi connectivity index (χ1v) is 7.42. The van der Waals surface area contributed by atoms with Crippen LogP contribution in [0.4, 0.5) is 13.2 Å². The average Bonchev–Trinajstić information content (AvgIpc) is 2.40. The lowest BCUT2D eigenvalue weighted by Gasteiger charge is -2.33. The molecule has 0 spiro atoms. The number of likely N-dealkylation sites (tertiary alicyclic amines) is 1. The molecule has 0 saturated carbocycles. The highest BCUT2D eigenvalue weighted by Gasteiger charge is 2.29. The van der Waals surface area contributed by atoms with Crippen LogP contribution in [0.5, 0.6) is 0 Å². The van der Waals surface area contributed by atoms with E-state index in [1.165, 1.54) is 16.7 Å². The summed E-state index contributed by atoms with van der Waals surface area (Å²) in [6.45, 7) is 5.71. The van der Waals surface area contributed by atoms with Gasteiger partial charge >= 0.3 is 6.18 Å². The van der Waals surface area contributed by atoms with E-state index in [1.54, 1.807) is 0 Å². The highest BCUT2D eigenvalue weighted by atomic mass is 19.4. The minimum atomic E-state index is -4.13. The van der Waals surface area contributed by atoms with Gasteiger partial charge in [0.1, 0.15) is 0 Å². The van der Waals surface area contributed by atoms with Crippen LogP contribution < -0.4 is 5.32 Å². The van der Waals surface area contributed by atoms with E-state index in [4.69, 9.17) is 0 Å². The van der Waals surface area contributed by atoms with Gasteiger partial charge in [-0.25, -0.2) is 0 Å². The van der Waals surface area contributed by atoms with Gasteiger partial charge in [-0.05, 0) is 44.4 Å². The quantitative estimate of drug-likeness (QED) is 0.916. The molecule has 118 valence electrons. The molecule has 0 aromatic heterocycles. The standard InChI is InChI=1S/C16H23F3N2/c1-12-5-6-13(2)14(8-12)9-21-7-3-4-15(10-21)20-11-16(17,18)19/h5-6,8,15,20H,3-4,7,9-11H2,1-2H3. The van der Waals surface area contributed by atoms with Crippen LogP contribution in [0.1, 0.15) is 29.5 Å². The van der Waals surface area contributed by atoms with E-state index in [9.17, 15) is 13.2 Å². The van der Waals surface area contributed by atoms with Crippen LogP contribution >= 0.6 is 0 Å². The van der Waals surface area contributed by atoms with Crippen molar-refractivity contribution in [2.24, 2.45) is 0 Å². The Bertz CT molecular complexity index is 471. The topological polar surface area (TPSA) is 15.3 Å². The molecule has 21 heavy (non-hydrogen) atoms. The largest absolute Gasteiger partial charge is 0.401 e. The van der Waals surface area contributed by atoms with E-state index in [1.807, 2.05) is 0 Å². The second-order valence-electron chi connectivity index (χ2n) is 6.00. The molecule has 1 N–H and O–H groups in total. The van der Waals surface area contributed by atoms with Gasteiger partial charge in [-0.1, -0.05) is 23.8 Å². The molecule has 5 heteroatoms. The number of nitrogens with zero attached hydrogens (tertiary/aromatic N) is 1. The third-order valence-electron chi connectivity index (χ3n) is 4.00. The molecule has 0 radical (unpaired) electrons. The molecule has 2 nitrogen and oxygen atoms in total. The van der Waals surface area contributed by atoms with Crippen LogP contribution in [0.15, 0.2) is 18.2 Å². The molecule has 1 unspecified atom stereocenters. The molecular formula is C16H23F3N2. The Morgan fingerprint density at radius 1 is 1.29 bits per heavy atom. The Morgan fingerprint density at radius 3 is 2.76 bits per heavy atom. The van der Waals surface area contributed by atoms with E-state index in [2.05, 4.69) is 42.3 Å². The first-order valence-electron chi connectivity index (χ1n) is 7.42. The molecule has 1 saturated heterocycles. The number of hydrogen-bond donors (Lipinski definition) is 1. The molecule has 0 aliphatic carbocycles. The summed E-state index contributed by atoms with van der Waals surface area (Å²) in [6.07, 6.45) is -2.37. The van der Waals surface area contributed by atoms with Crippen molar-refractivity contribution in [3.8, 4) is 0 Å². The Labute approximate surface area is 124 Å². The SMILES string of the molecule is Cc1ccc(C)c(CN2CCCC(NCC(F)(F)F)C2)c1. The molecule has 0 bridgehead atoms. The molecule has 0 amide bonds. The zero-order valence-electron chi connectivity index (χ0n) is 12.6. The number of rotatable bonds is 4. The molecule has 1 heterocycles. The fraction of sp³-hybridized carbons (Fsp3) is 0.625. The summed E-state index contributed by atoms with van der Waals surface area (Å²) in [5.41, 5.74) is 3.73. The van der Waals surface area contributed by atoms with Crippen molar-refractivity contribution in [3.05, 3.63) is 34.9 Å². The Morgan fingerprint density at radius 2 is 2.05 bits per heavy atom. The monoisotopic (exact) mass is 300 g/mol. The number of aryl methyl sites for hydroxylation is 2. The van der Waals surface area contributed by atoms with Crippen molar-refractivity contribution in [2.45, 2.75) is 45.5 Å². The fourth-order valence-electron chi connectivity index (χ4n) is 2.84. The Kier molecular flexibility index (Phi) is 5.27. The van der Waals surface area contributed by atoms with E-state index >= 15 is 0 Å². The summed E-state index contributed by atoms with van der Waals surface area (Å²) < 4.78 is 36.8. The summed E-state index contributed by atoms with van der Waals surface area (Å²) in [4.78, 5) is 2.25. The summed E-state index contributed by atoms with van der Waals surface area (Å²) in [6, 6.07) is 6.30. The molecule has 1 aliphatic rings. The van der Waals surface area contributed by atoms with Crippen LogP contribution in [0.25, 0.3) is 0 Å². The Balaban J connectivity index is 1.90. The first kappa shape index (κ1) is 16.3. The predicted octanol–water partition coefficient (Wildman–Crippen LogP) is 3.42. The highest BCUT2D eigenvalue weighted by Crippen LogP contribution is 2.19. The number of halogens is 3. The molecular weight excluding hydrogens is 277 g/mol. The molecule has 1 aliphatic heterocycles. The van der Waals surface area contributed by atoms with Crippen molar-refractivity contribution < 1.29 is 13.2 Å². The van der Waals surface area contributed by atoms with Crippen molar-refractivity contribution in [1.82, 2.24) is 10.2 Å². The smallest absolute Gasteiger partial charge is 0.305 e. The minimum Gasteiger partial charge on any atom is -0.305 e. The maximum absolute atomic E-state index is 12.3. The minimum absolute atomic E-state index is 0.0644. The number of benzene rings is 1. The van der Waals surface area contributed by atoms with Gasteiger partial charge in [-0.15, -0.1) is 0 Å². The third-order valence-corrected chi connectivity index (χ3v) is 4.00. The second-order valence-corrected chi connectivity index (χ2v) is 6.00. The van der Waals surface area contributed by atoms with Crippen LogP contribution in [-0.4, -0.2) is 36.8 Å². The fourth-order valence-corrected chi connectivity index (χ4v) is 2.84. The van der Waals surface area contributed by atoms with Gasteiger partial charge in [0.2, 0.25) is 0 Å². The van der Waals surface area contributed by atoms with E-state index < -0.39 is 12.7 Å².